The molecule has 0 radical (unpaired) electrons. The number of aliphatic hydroxyl groups excluding tert-OH is 6. The molecule has 0 spiro atoms. The number of aromatic nitrogens is 2. The number of carboxylic acid groups (broad SMARTS) is 1. The van der Waals surface area contributed by atoms with Crippen molar-refractivity contribution in [3.05, 3.63) is 28.4 Å². The molecule has 42 heavy (non-hydrogen) atoms. The van der Waals surface area contributed by atoms with Crippen LogP contribution in [0.25, 0.3) is 0 Å². The molecule has 21 heteroatoms. The van der Waals surface area contributed by atoms with Crippen molar-refractivity contribution in [1.82, 2.24) is 14.9 Å². The van der Waals surface area contributed by atoms with Crippen LogP contribution >= 0.6 is 7.82 Å². The zero-order valence-electron chi connectivity index (χ0n) is 22.0. The number of aryl methyl sites for hydroxylation is 1. The van der Waals surface area contributed by atoms with Crippen LogP contribution in [-0.4, -0.2) is 126 Å². The van der Waals surface area contributed by atoms with Crippen LogP contribution in [-0.2, 0) is 32.7 Å². The molecule has 1 aromatic heterocycles. The predicted molar refractivity (Wildman–Crippen MR) is 126 cm³/mol. The number of carboxylic acids is 1. The Balaban J connectivity index is 1.79. The Morgan fingerprint density at radius 3 is 2.57 bits per heavy atom. The van der Waals surface area contributed by atoms with Crippen molar-refractivity contribution in [3.8, 4) is 0 Å². The SMILES string of the molecule is Cc1ccn([C@@H]2O[C@H](COP(=O)([O-])O[C@@]3(C(=O)[O-])C[C@@H](O)[C@@H](NC(=O)C[NH3+])C([C@H](O)[C@H](O)CO)O3)[C@H](O)C2O)c(=O)n1. The van der Waals surface area contributed by atoms with E-state index in [0.29, 0.717) is 5.69 Å². The maximum Gasteiger partial charge on any atom is 0.349 e. The van der Waals surface area contributed by atoms with Gasteiger partial charge in [0.25, 0.3) is 13.7 Å². The number of hydrogen-bond acceptors (Lipinski definition) is 17. The van der Waals surface area contributed by atoms with Crippen molar-refractivity contribution < 1.29 is 79.0 Å². The summed E-state index contributed by atoms with van der Waals surface area (Å²) in [5, 5.41) is 75.1. The molecule has 3 unspecified atom stereocenters. The van der Waals surface area contributed by atoms with Crippen LogP contribution in [0.5, 0.6) is 0 Å². The first-order valence-corrected chi connectivity index (χ1v) is 13.9. The first kappa shape index (κ1) is 34.1. The second kappa shape index (κ2) is 13.5. The third kappa shape index (κ3) is 7.37. The van der Waals surface area contributed by atoms with Gasteiger partial charge in [-0.15, -0.1) is 0 Å². The smallest absolute Gasteiger partial charge is 0.349 e. The lowest BCUT2D eigenvalue weighted by Crippen LogP contribution is -2.71. The van der Waals surface area contributed by atoms with Crippen LogP contribution in [0.1, 0.15) is 18.3 Å². The van der Waals surface area contributed by atoms with Gasteiger partial charge in [-0.05, 0) is 13.0 Å². The molecule has 0 aliphatic carbocycles. The molecule has 3 heterocycles. The minimum atomic E-state index is -5.81. The molecule has 2 saturated heterocycles. The van der Waals surface area contributed by atoms with E-state index in [4.69, 9.17) is 9.47 Å². The lowest BCUT2D eigenvalue weighted by atomic mass is 9.88. The van der Waals surface area contributed by atoms with E-state index >= 15 is 0 Å². The number of nitrogens with zero attached hydrogens (tertiary/aromatic N) is 2. The summed E-state index contributed by atoms with van der Waals surface area (Å²) >= 11 is 0. The maximum atomic E-state index is 12.7. The van der Waals surface area contributed by atoms with Gasteiger partial charge in [-0.3, -0.25) is 18.5 Å². The van der Waals surface area contributed by atoms with E-state index in [0.717, 1.165) is 4.57 Å². The van der Waals surface area contributed by atoms with E-state index in [1.165, 1.54) is 19.2 Å². The number of carbonyl (C=O) groups is 2. The molecule has 2 aliphatic rings. The fourth-order valence-corrected chi connectivity index (χ4v) is 5.33. The number of carbonyl (C=O) groups excluding carboxylic acids is 2. The van der Waals surface area contributed by atoms with Crippen molar-refractivity contribution in [3.63, 3.8) is 0 Å². The fraction of sp³-hybridized carbons (Fsp3) is 0.714. The molecule has 1 aromatic rings. The molecule has 10 N–H and O–H groups in total. The highest BCUT2D eigenvalue weighted by molar-refractivity contribution is 7.45. The summed E-state index contributed by atoms with van der Waals surface area (Å²) in [5.74, 6) is -6.57. The average molecular weight is 627 g/mol. The lowest BCUT2D eigenvalue weighted by molar-refractivity contribution is -0.378. The second-order valence-corrected chi connectivity index (χ2v) is 11.0. The van der Waals surface area contributed by atoms with Crippen LogP contribution in [0.4, 0.5) is 0 Å². The first-order chi connectivity index (χ1) is 19.6. The monoisotopic (exact) mass is 627 g/mol. The van der Waals surface area contributed by atoms with Crippen molar-refractivity contribution >= 4 is 19.7 Å². The zero-order chi connectivity index (χ0) is 31.6. The summed E-state index contributed by atoms with van der Waals surface area (Å²) in [6, 6.07) is -0.233. The molecular formula is C21H32N4O16P-. The molecule has 0 aromatic carbocycles. The minimum Gasteiger partial charge on any atom is -0.756 e. The van der Waals surface area contributed by atoms with Gasteiger partial charge >= 0.3 is 5.69 Å². The number of phosphoric acid groups is 1. The number of amides is 1. The summed E-state index contributed by atoms with van der Waals surface area (Å²) in [6.07, 6.45) is -14.9. The number of aliphatic hydroxyl groups is 6. The Labute approximate surface area is 236 Å². The van der Waals surface area contributed by atoms with Gasteiger partial charge < -0.3 is 70.5 Å². The van der Waals surface area contributed by atoms with Gasteiger partial charge in [0, 0.05) is 18.3 Å². The number of ether oxygens (including phenoxy) is 2. The highest BCUT2D eigenvalue weighted by Crippen LogP contribution is 2.48. The molecule has 238 valence electrons. The third-order valence-corrected chi connectivity index (χ3v) is 7.58. The Hall–Kier alpha value is -2.43. The maximum absolute atomic E-state index is 12.7. The second-order valence-electron chi connectivity index (χ2n) is 9.62. The van der Waals surface area contributed by atoms with Crippen molar-refractivity contribution in [2.24, 2.45) is 0 Å². The molecular weight excluding hydrogens is 595 g/mol. The van der Waals surface area contributed by atoms with E-state index in [9.17, 15) is 59.6 Å². The molecule has 3 rings (SSSR count). The number of aliphatic carboxylic acids is 1. The molecule has 20 nitrogen and oxygen atoms in total. The van der Waals surface area contributed by atoms with E-state index < -0.39 is 106 Å². The van der Waals surface area contributed by atoms with Gasteiger partial charge in [0.15, 0.2) is 12.8 Å². The summed E-state index contributed by atoms with van der Waals surface area (Å²) in [5.41, 5.74) is 2.83. The van der Waals surface area contributed by atoms with Crippen LogP contribution in [0.15, 0.2) is 17.1 Å². The summed E-state index contributed by atoms with van der Waals surface area (Å²) < 4.78 is 33.4. The van der Waals surface area contributed by atoms with Crippen LogP contribution < -0.4 is 26.7 Å². The van der Waals surface area contributed by atoms with Crippen LogP contribution in [0.3, 0.4) is 0 Å². The van der Waals surface area contributed by atoms with Gasteiger partial charge in [0.2, 0.25) is 5.79 Å². The van der Waals surface area contributed by atoms with Crippen molar-refractivity contribution in [1.29, 1.82) is 0 Å². The van der Waals surface area contributed by atoms with Crippen LogP contribution in [0.2, 0.25) is 0 Å². The number of quaternary nitrogens is 1. The fourth-order valence-electron chi connectivity index (χ4n) is 4.40. The molecule has 11 atom stereocenters. The lowest BCUT2D eigenvalue weighted by Gasteiger charge is -2.49. The Bertz CT molecular complexity index is 1230. The highest BCUT2D eigenvalue weighted by atomic mass is 31.2. The van der Waals surface area contributed by atoms with Gasteiger partial charge in [0.1, 0.15) is 42.6 Å². The largest absolute Gasteiger partial charge is 0.756 e. The third-order valence-electron chi connectivity index (χ3n) is 6.59. The van der Waals surface area contributed by atoms with Crippen LogP contribution in [0, 0.1) is 6.92 Å². The molecule has 2 aliphatic heterocycles. The normalized spacial score (nSPS) is 34.4. The number of nitrogens with one attached hydrogen (secondary N) is 1. The quantitative estimate of drug-likeness (QED) is 0.0997. The Morgan fingerprint density at radius 2 is 2.00 bits per heavy atom. The highest BCUT2D eigenvalue weighted by Gasteiger charge is 2.54. The number of hydrogen-bond donors (Lipinski definition) is 8. The predicted octanol–water partition coefficient (Wildman–Crippen LogP) is -8.29. The molecule has 2 fully saturated rings. The summed E-state index contributed by atoms with van der Waals surface area (Å²) in [4.78, 5) is 52.5. The molecule has 0 saturated carbocycles. The van der Waals surface area contributed by atoms with Gasteiger partial charge in [-0.1, -0.05) is 0 Å². The van der Waals surface area contributed by atoms with Crippen molar-refractivity contribution in [2.45, 2.75) is 74.1 Å². The Kier molecular flexibility index (Phi) is 10.9. The minimum absolute atomic E-state index is 0.349. The summed E-state index contributed by atoms with van der Waals surface area (Å²) in [7, 11) is -5.81. The summed E-state index contributed by atoms with van der Waals surface area (Å²) in [6.45, 7) is -1.01. The van der Waals surface area contributed by atoms with Gasteiger partial charge in [-0.25, -0.2) is 4.79 Å². The van der Waals surface area contributed by atoms with E-state index in [1.807, 2.05) is 0 Å². The zero-order valence-corrected chi connectivity index (χ0v) is 22.9. The average Bonchev–Trinajstić information content (AvgIpc) is 3.20. The van der Waals surface area contributed by atoms with Gasteiger partial charge in [-0.2, -0.15) is 4.98 Å². The van der Waals surface area contributed by atoms with E-state index in [-0.39, 0.29) is 6.54 Å². The van der Waals surface area contributed by atoms with E-state index in [1.54, 1.807) is 0 Å². The number of phosphoric ester groups is 1. The first-order valence-electron chi connectivity index (χ1n) is 12.4. The topological polar surface area (TPSA) is 330 Å². The molecule has 0 bridgehead atoms. The van der Waals surface area contributed by atoms with E-state index in [2.05, 4.69) is 25.1 Å². The van der Waals surface area contributed by atoms with Gasteiger partial charge in [0.05, 0.1) is 25.4 Å². The number of rotatable bonds is 12. The Morgan fingerprint density at radius 1 is 1.33 bits per heavy atom. The molecule has 1 amide bonds. The standard InChI is InChI=1S/C21H33N4O16P/c1-8-2-3-25(20(35)23-8)18-16(32)15(31)11(39-18)7-38-42(36,37)41-21(19(33)34)4-9(27)13(24-12(29)5-22)17(40-21)14(30)10(28)6-26/h2-3,9-11,13-18,26-28,30-32H,4-7,22H2,1H3,(H,24,29)(H,33,34)(H,36,37)/p-1/t9-,10-,11-,13-,14-,15+,16?,17?,18-,21-/m1/s1. The van der Waals surface area contributed by atoms with Crippen molar-refractivity contribution in [2.75, 3.05) is 19.8 Å².